The first-order valence-electron chi connectivity index (χ1n) is 5.34. The molecule has 3 rings (SSSR count). The van der Waals surface area contributed by atoms with Crippen molar-refractivity contribution >= 4 is 16.8 Å². The Morgan fingerprint density at radius 1 is 1.31 bits per heavy atom. The Morgan fingerprint density at radius 3 is 2.94 bits per heavy atom. The summed E-state index contributed by atoms with van der Waals surface area (Å²) in [5, 5.41) is 13.8. The number of H-pyrrole nitrogens is 1. The molecular formula is C12H12N2O2. The van der Waals surface area contributed by atoms with E-state index in [1.807, 2.05) is 18.2 Å². The monoisotopic (exact) mass is 216 g/mol. The number of amides is 1. The maximum absolute atomic E-state index is 11.2. The molecule has 82 valence electrons. The van der Waals surface area contributed by atoms with E-state index < -0.39 is 0 Å². The third-order valence-electron chi connectivity index (χ3n) is 3.11. The summed E-state index contributed by atoms with van der Waals surface area (Å²) in [6, 6.07) is 5.58. The highest BCUT2D eigenvalue weighted by molar-refractivity contribution is 5.87. The molecule has 0 radical (unpaired) electrons. The molecule has 2 aromatic rings. The van der Waals surface area contributed by atoms with Crippen molar-refractivity contribution in [2.75, 3.05) is 0 Å². The van der Waals surface area contributed by atoms with Crippen LogP contribution in [-0.2, 0) is 4.79 Å². The van der Waals surface area contributed by atoms with Crippen molar-refractivity contribution < 1.29 is 9.90 Å². The number of fused-ring (bicyclic) bond motifs is 1. The predicted molar refractivity (Wildman–Crippen MR) is 60.1 cm³/mol. The summed E-state index contributed by atoms with van der Waals surface area (Å²) in [7, 11) is 0. The second-order valence-corrected chi connectivity index (χ2v) is 4.10. The van der Waals surface area contributed by atoms with Crippen LogP contribution in [0, 0.1) is 0 Å². The Kier molecular flexibility index (Phi) is 1.89. The SMILES string of the molecule is O=C1CC[C@H](c2ccc3[nH]ccc3c2O)N1. The maximum Gasteiger partial charge on any atom is 0.220 e. The third kappa shape index (κ3) is 1.26. The number of phenolic OH excluding ortho intramolecular Hbond substituents is 1. The van der Waals surface area contributed by atoms with E-state index in [2.05, 4.69) is 10.3 Å². The molecule has 0 unspecified atom stereocenters. The number of hydrogen-bond donors (Lipinski definition) is 3. The number of benzene rings is 1. The predicted octanol–water partition coefficient (Wildman–Crippen LogP) is 1.82. The van der Waals surface area contributed by atoms with Gasteiger partial charge in [0.15, 0.2) is 0 Å². The summed E-state index contributed by atoms with van der Waals surface area (Å²) >= 11 is 0. The molecule has 0 aliphatic carbocycles. The van der Waals surface area contributed by atoms with Gasteiger partial charge in [-0.2, -0.15) is 0 Å². The molecule has 2 heterocycles. The van der Waals surface area contributed by atoms with Crippen molar-refractivity contribution in [3.63, 3.8) is 0 Å². The molecule has 4 heteroatoms. The standard InChI is InChI=1S/C12H12N2O2/c15-11-4-3-10(14-11)7-1-2-9-8(12(7)16)5-6-13-9/h1-2,5-6,10,13,16H,3-4H2,(H,14,15)/t10-/m1/s1. The van der Waals surface area contributed by atoms with Crippen molar-refractivity contribution in [3.8, 4) is 5.75 Å². The van der Waals surface area contributed by atoms with Crippen LogP contribution in [0.4, 0.5) is 0 Å². The van der Waals surface area contributed by atoms with E-state index in [4.69, 9.17) is 0 Å². The average molecular weight is 216 g/mol. The second-order valence-electron chi connectivity index (χ2n) is 4.10. The van der Waals surface area contributed by atoms with Gasteiger partial charge in [-0.05, 0) is 18.6 Å². The van der Waals surface area contributed by atoms with Gasteiger partial charge in [0.25, 0.3) is 0 Å². The molecule has 0 bridgehead atoms. The molecule has 1 aromatic carbocycles. The fourth-order valence-electron chi connectivity index (χ4n) is 2.26. The molecule has 0 spiro atoms. The first-order chi connectivity index (χ1) is 7.75. The first kappa shape index (κ1) is 9.27. The number of rotatable bonds is 1. The molecular weight excluding hydrogens is 204 g/mol. The fourth-order valence-corrected chi connectivity index (χ4v) is 2.26. The summed E-state index contributed by atoms with van der Waals surface area (Å²) in [5.41, 5.74) is 1.71. The number of aromatic hydroxyl groups is 1. The number of phenols is 1. The van der Waals surface area contributed by atoms with Crippen molar-refractivity contribution in [1.29, 1.82) is 0 Å². The third-order valence-corrected chi connectivity index (χ3v) is 3.11. The van der Waals surface area contributed by atoms with Gasteiger partial charge in [-0.1, -0.05) is 6.07 Å². The summed E-state index contributed by atoms with van der Waals surface area (Å²) in [6.07, 6.45) is 3.08. The van der Waals surface area contributed by atoms with E-state index in [1.165, 1.54) is 0 Å². The average Bonchev–Trinajstić information content (AvgIpc) is 2.87. The van der Waals surface area contributed by atoms with Crippen LogP contribution in [0.25, 0.3) is 10.9 Å². The molecule has 1 saturated heterocycles. The summed E-state index contributed by atoms with van der Waals surface area (Å²) < 4.78 is 0. The topological polar surface area (TPSA) is 65.1 Å². The van der Waals surface area contributed by atoms with Gasteiger partial charge >= 0.3 is 0 Å². The zero-order chi connectivity index (χ0) is 11.1. The van der Waals surface area contributed by atoms with Gasteiger partial charge in [0.05, 0.1) is 6.04 Å². The lowest BCUT2D eigenvalue weighted by Gasteiger charge is -2.12. The molecule has 1 aliphatic rings. The van der Waals surface area contributed by atoms with Gasteiger partial charge in [-0.25, -0.2) is 0 Å². The Balaban J connectivity index is 2.09. The highest BCUT2D eigenvalue weighted by Crippen LogP contribution is 2.35. The van der Waals surface area contributed by atoms with Gasteiger partial charge in [0, 0.05) is 29.1 Å². The molecule has 1 amide bonds. The summed E-state index contributed by atoms with van der Waals surface area (Å²) in [4.78, 5) is 14.2. The van der Waals surface area contributed by atoms with Gasteiger partial charge in [-0.15, -0.1) is 0 Å². The van der Waals surface area contributed by atoms with Crippen LogP contribution in [-0.4, -0.2) is 16.0 Å². The second kappa shape index (κ2) is 3.27. The van der Waals surface area contributed by atoms with Gasteiger partial charge in [-0.3, -0.25) is 4.79 Å². The molecule has 1 fully saturated rings. The van der Waals surface area contributed by atoms with Crippen LogP contribution in [0.15, 0.2) is 24.4 Å². The fraction of sp³-hybridized carbons (Fsp3) is 0.250. The molecule has 0 saturated carbocycles. The lowest BCUT2D eigenvalue weighted by Crippen LogP contribution is -2.18. The largest absolute Gasteiger partial charge is 0.507 e. The molecule has 4 nitrogen and oxygen atoms in total. The van der Waals surface area contributed by atoms with E-state index in [9.17, 15) is 9.90 Å². The van der Waals surface area contributed by atoms with Crippen LogP contribution in [0.5, 0.6) is 5.75 Å². The highest BCUT2D eigenvalue weighted by Gasteiger charge is 2.25. The number of nitrogens with one attached hydrogen (secondary N) is 2. The summed E-state index contributed by atoms with van der Waals surface area (Å²) in [6.45, 7) is 0. The van der Waals surface area contributed by atoms with E-state index in [0.29, 0.717) is 6.42 Å². The smallest absolute Gasteiger partial charge is 0.220 e. The van der Waals surface area contributed by atoms with E-state index in [-0.39, 0.29) is 17.7 Å². The number of carbonyl (C=O) groups is 1. The van der Waals surface area contributed by atoms with Gasteiger partial charge in [0.1, 0.15) is 5.75 Å². The number of hydrogen-bond acceptors (Lipinski definition) is 2. The number of aromatic nitrogens is 1. The first-order valence-corrected chi connectivity index (χ1v) is 5.34. The Labute approximate surface area is 92.3 Å². The van der Waals surface area contributed by atoms with Crippen LogP contribution in [0.3, 0.4) is 0 Å². The maximum atomic E-state index is 11.2. The van der Waals surface area contributed by atoms with Crippen LogP contribution < -0.4 is 5.32 Å². The van der Waals surface area contributed by atoms with E-state index >= 15 is 0 Å². The number of carbonyl (C=O) groups excluding carboxylic acids is 1. The van der Waals surface area contributed by atoms with Crippen molar-refractivity contribution in [3.05, 3.63) is 30.0 Å². The number of aromatic amines is 1. The Morgan fingerprint density at radius 2 is 2.19 bits per heavy atom. The lowest BCUT2D eigenvalue weighted by atomic mass is 10.0. The van der Waals surface area contributed by atoms with E-state index in [1.54, 1.807) is 6.20 Å². The molecule has 3 N–H and O–H groups in total. The Bertz CT molecular complexity index is 559. The highest BCUT2D eigenvalue weighted by atomic mass is 16.3. The summed E-state index contributed by atoms with van der Waals surface area (Å²) in [5.74, 6) is 0.324. The minimum atomic E-state index is -0.0493. The van der Waals surface area contributed by atoms with Crippen LogP contribution in [0.2, 0.25) is 0 Å². The molecule has 1 aromatic heterocycles. The zero-order valence-corrected chi connectivity index (χ0v) is 8.66. The van der Waals surface area contributed by atoms with Crippen molar-refractivity contribution in [2.24, 2.45) is 0 Å². The van der Waals surface area contributed by atoms with Gasteiger partial charge < -0.3 is 15.4 Å². The molecule has 1 aliphatic heterocycles. The van der Waals surface area contributed by atoms with Crippen LogP contribution >= 0.6 is 0 Å². The molecule has 16 heavy (non-hydrogen) atoms. The quantitative estimate of drug-likeness (QED) is 0.680. The van der Waals surface area contributed by atoms with E-state index in [0.717, 1.165) is 22.9 Å². The van der Waals surface area contributed by atoms with Crippen LogP contribution in [0.1, 0.15) is 24.4 Å². The minimum absolute atomic E-state index is 0.0493. The molecule has 1 atom stereocenters. The minimum Gasteiger partial charge on any atom is -0.507 e. The zero-order valence-electron chi connectivity index (χ0n) is 8.66. The lowest BCUT2D eigenvalue weighted by molar-refractivity contribution is -0.119. The van der Waals surface area contributed by atoms with Gasteiger partial charge in [0.2, 0.25) is 5.91 Å². The van der Waals surface area contributed by atoms with Crippen molar-refractivity contribution in [1.82, 2.24) is 10.3 Å². The Hall–Kier alpha value is -1.97. The van der Waals surface area contributed by atoms with Crippen molar-refractivity contribution in [2.45, 2.75) is 18.9 Å². The normalized spacial score (nSPS) is 20.2.